The first-order valence-corrected chi connectivity index (χ1v) is 7.06. The topological polar surface area (TPSA) is 48.5 Å². The van der Waals surface area contributed by atoms with E-state index >= 15 is 0 Å². The van der Waals surface area contributed by atoms with E-state index in [0.717, 1.165) is 25.6 Å². The van der Waals surface area contributed by atoms with Gasteiger partial charge in [0.1, 0.15) is 0 Å². The second-order valence-corrected chi connectivity index (χ2v) is 6.11. The van der Waals surface area contributed by atoms with Gasteiger partial charge in [0.15, 0.2) is 5.96 Å². The third kappa shape index (κ3) is 12.7. The van der Waals surface area contributed by atoms with Crippen molar-refractivity contribution in [1.29, 1.82) is 0 Å². The first-order chi connectivity index (χ1) is 8.26. The molecule has 0 saturated heterocycles. The number of nitrogens with one attached hydrogen (secondary N) is 3. The minimum absolute atomic E-state index is 0. The maximum Gasteiger partial charge on any atom is 0.191 e. The first kappa shape index (κ1) is 21.3. The fraction of sp³-hybridized carbons (Fsp3) is 0.929. The molecule has 3 N–H and O–H groups in total. The van der Waals surface area contributed by atoms with Gasteiger partial charge in [-0.1, -0.05) is 13.8 Å². The van der Waals surface area contributed by atoms with Crippen LogP contribution in [0.4, 0.5) is 0 Å². The predicted molar refractivity (Wildman–Crippen MR) is 96.6 cm³/mol. The number of guanidine groups is 1. The molecule has 0 aromatic heterocycles. The Hall–Kier alpha value is -0.0400. The minimum Gasteiger partial charge on any atom is -0.357 e. The fourth-order valence-electron chi connectivity index (χ4n) is 1.30. The lowest BCUT2D eigenvalue weighted by atomic mass is 10.1. The van der Waals surface area contributed by atoms with Crippen molar-refractivity contribution in [3.05, 3.63) is 0 Å². The van der Waals surface area contributed by atoms with Crippen LogP contribution in [0.25, 0.3) is 0 Å². The molecule has 0 aliphatic heterocycles. The van der Waals surface area contributed by atoms with Gasteiger partial charge in [0, 0.05) is 24.7 Å². The predicted octanol–water partition coefficient (Wildman–Crippen LogP) is 2.59. The van der Waals surface area contributed by atoms with Gasteiger partial charge in [-0.3, -0.25) is 4.99 Å². The number of halogens is 1. The van der Waals surface area contributed by atoms with Crippen LogP contribution in [0, 0.1) is 5.92 Å². The molecule has 5 heteroatoms. The van der Waals surface area contributed by atoms with Crippen LogP contribution in [0.15, 0.2) is 4.99 Å². The van der Waals surface area contributed by atoms with E-state index in [1.165, 1.54) is 0 Å². The van der Waals surface area contributed by atoms with Crippen molar-refractivity contribution in [3.63, 3.8) is 0 Å². The minimum atomic E-state index is 0. The Morgan fingerprint density at radius 3 is 2.16 bits per heavy atom. The van der Waals surface area contributed by atoms with Gasteiger partial charge in [0.25, 0.3) is 0 Å². The summed E-state index contributed by atoms with van der Waals surface area (Å²) in [6.07, 6.45) is 0. The van der Waals surface area contributed by atoms with Gasteiger partial charge in [0.05, 0.1) is 6.54 Å². The fourth-order valence-corrected chi connectivity index (χ4v) is 1.30. The monoisotopic (exact) mass is 384 g/mol. The van der Waals surface area contributed by atoms with Crippen molar-refractivity contribution in [2.75, 3.05) is 19.6 Å². The molecule has 0 spiro atoms. The molecule has 0 aliphatic rings. The Morgan fingerprint density at radius 2 is 1.74 bits per heavy atom. The van der Waals surface area contributed by atoms with E-state index < -0.39 is 0 Å². The summed E-state index contributed by atoms with van der Waals surface area (Å²) in [5.41, 5.74) is 0.159. The molecule has 116 valence electrons. The van der Waals surface area contributed by atoms with E-state index in [1.807, 2.05) is 0 Å². The van der Waals surface area contributed by atoms with Crippen molar-refractivity contribution in [2.45, 2.75) is 60.0 Å². The lowest BCUT2D eigenvalue weighted by Gasteiger charge is -2.22. The van der Waals surface area contributed by atoms with Crippen molar-refractivity contribution >= 4 is 29.9 Å². The van der Waals surface area contributed by atoms with Crippen molar-refractivity contribution in [2.24, 2.45) is 10.9 Å². The van der Waals surface area contributed by atoms with E-state index in [9.17, 15) is 0 Å². The van der Waals surface area contributed by atoms with Gasteiger partial charge in [-0.25, -0.2) is 0 Å². The second-order valence-electron chi connectivity index (χ2n) is 6.11. The Labute approximate surface area is 136 Å². The van der Waals surface area contributed by atoms with Crippen LogP contribution in [0.1, 0.15) is 48.5 Å². The third-order valence-electron chi connectivity index (χ3n) is 2.75. The highest BCUT2D eigenvalue weighted by atomic mass is 127. The van der Waals surface area contributed by atoms with Gasteiger partial charge < -0.3 is 16.0 Å². The molecule has 0 amide bonds. The van der Waals surface area contributed by atoms with E-state index in [2.05, 4.69) is 69.4 Å². The Balaban J connectivity index is 0. The van der Waals surface area contributed by atoms with E-state index in [0.29, 0.717) is 12.0 Å². The summed E-state index contributed by atoms with van der Waals surface area (Å²) in [6.45, 7) is 17.8. The summed E-state index contributed by atoms with van der Waals surface area (Å²) >= 11 is 0. The summed E-state index contributed by atoms with van der Waals surface area (Å²) in [7, 11) is 0. The van der Waals surface area contributed by atoms with Gasteiger partial charge in [0.2, 0.25) is 0 Å². The molecule has 0 heterocycles. The van der Waals surface area contributed by atoms with Crippen LogP contribution in [0.3, 0.4) is 0 Å². The normalized spacial score (nSPS) is 14.0. The first-order valence-electron chi connectivity index (χ1n) is 7.06. The summed E-state index contributed by atoms with van der Waals surface area (Å²) in [5, 5.41) is 10.1. The lowest BCUT2D eigenvalue weighted by Crippen LogP contribution is -2.45. The zero-order valence-corrected chi connectivity index (χ0v) is 16.0. The van der Waals surface area contributed by atoms with Gasteiger partial charge in [-0.2, -0.15) is 0 Å². The molecule has 0 radical (unpaired) electrons. The van der Waals surface area contributed by atoms with Crippen molar-refractivity contribution in [1.82, 2.24) is 16.0 Å². The molecule has 0 aromatic carbocycles. The summed E-state index contributed by atoms with van der Waals surface area (Å²) < 4.78 is 0. The van der Waals surface area contributed by atoms with Gasteiger partial charge in [-0.05, 0) is 40.5 Å². The number of hydrogen-bond acceptors (Lipinski definition) is 2. The van der Waals surface area contributed by atoms with Crippen LogP contribution in [-0.2, 0) is 0 Å². The molecule has 0 aliphatic carbocycles. The summed E-state index contributed by atoms with van der Waals surface area (Å²) in [4.78, 5) is 4.57. The van der Waals surface area contributed by atoms with Crippen LogP contribution in [0.5, 0.6) is 0 Å². The lowest BCUT2D eigenvalue weighted by molar-refractivity contribution is 0.432. The third-order valence-corrected chi connectivity index (χ3v) is 2.75. The standard InChI is InChI=1S/C14H32N4.HI/c1-8-15-13(18-12(4)11(2)3)16-9-10-17-14(5,6)7;/h11-12,17H,8-10H2,1-7H3,(H2,15,16,18);1H. The van der Waals surface area contributed by atoms with Gasteiger partial charge >= 0.3 is 0 Å². The zero-order valence-electron chi connectivity index (χ0n) is 13.6. The largest absolute Gasteiger partial charge is 0.357 e. The van der Waals surface area contributed by atoms with E-state index in [-0.39, 0.29) is 29.5 Å². The van der Waals surface area contributed by atoms with Gasteiger partial charge in [-0.15, -0.1) is 24.0 Å². The number of nitrogens with zero attached hydrogens (tertiary/aromatic N) is 1. The molecule has 4 nitrogen and oxygen atoms in total. The number of rotatable bonds is 6. The van der Waals surface area contributed by atoms with Crippen molar-refractivity contribution in [3.8, 4) is 0 Å². The molecule has 0 fully saturated rings. The Morgan fingerprint density at radius 1 is 1.16 bits per heavy atom. The Kier molecular flexibility index (Phi) is 12.0. The average molecular weight is 384 g/mol. The molecule has 0 bridgehead atoms. The maximum absolute atomic E-state index is 4.57. The second kappa shape index (κ2) is 10.7. The van der Waals surface area contributed by atoms with Crippen LogP contribution >= 0.6 is 24.0 Å². The molecular weight excluding hydrogens is 351 g/mol. The molecule has 1 atom stereocenters. The zero-order chi connectivity index (χ0) is 14.2. The SMILES string of the molecule is CCNC(=NCCNC(C)(C)C)NC(C)C(C)C.I. The highest BCUT2D eigenvalue weighted by Gasteiger charge is 2.09. The quantitative estimate of drug-likeness (QED) is 0.286. The molecule has 1 unspecified atom stereocenters. The smallest absolute Gasteiger partial charge is 0.191 e. The van der Waals surface area contributed by atoms with Crippen LogP contribution < -0.4 is 16.0 Å². The average Bonchev–Trinajstić information content (AvgIpc) is 2.22. The van der Waals surface area contributed by atoms with Crippen LogP contribution in [0.2, 0.25) is 0 Å². The van der Waals surface area contributed by atoms with Crippen molar-refractivity contribution < 1.29 is 0 Å². The highest BCUT2D eigenvalue weighted by molar-refractivity contribution is 14.0. The molecular formula is C14H33IN4. The van der Waals surface area contributed by atoms with Crippen LogP contribution in [-0.4, -0.2) is 37.2 Å². The maximum atomic E-state index is 4.57. The Bertz CT molecular complexity index is 246. The summed E-state index contributed by atoms with van der Waals surface area (Å²) in [6, 6.07) is 0.429. The van der Waals surface area contributed by atoms with E-state index in [4.69, 9.17) is 0 Å². The molecule has 0 aromatic rings. The highest BCUT2D eigenvalue weighted by Crippen LogP contribution is 1.99. The molecule has 19 heavy (non-hydrogen) atoms. The number of hydrogen-bond donors (Lipinski definition) is 3. The number of aliphatic imine (C=N–C) groups is 1. The van der Waals surface area contributed by atoms with E-state index in [1.54, 1.807) is 0 Å². The summed E-state index contributed by atoms with van der Waals surface area (Å²) in [5.74, 6) is 1.51. The molecule has 0 saturated carbocycles. The molecule has 0 rings (SSSR count).